The van der Waals surface area contributed by atoms with Gasteiger partial charge in [-0.1, -0.05) is 12.1 Å². The Morgan fingerprint density at radius 3 is 2.68 bits per heavy atom. The Labute approximate surface area is 150 Å². The quantitative estimate of drug-likeness (QED) is 0.888. The van der Waals surface area contributed by atoms with Crippen LogP contribution >= 0.6 is 11.3 Å². The summed E-state index contributed by atoms with van der Waals surface area (Å²) in [6.45, 7) is 1.17. The number of rotatable bonds is 3. The summed E-state index contributed by atoms with van der Waals surface area (Å²) >= 11 is 1.42. The fraction of sp³-hybridized carbons (Fsp3) is 0.278. The lowest BCUT2D eigenvalue weighted by Gasteiger charge is -2.32. The normalized spacial score (nSPS) is 14.6. The van der Waals surface area contributed by atoms with E-state index in [0.29, 0.717) is 29.2 Å². The number of hydrogen-bond acceptors (Lipinski definition) is 4. The summed E-state index contributed by atoms with van der Waals surface area (Å²) in [5.74, 6) is -0.0498. The van der Waals surface area contributed by atoms with Gasteiger partial charge in [-0.25, -0.2) is 4.79 Å². The minimum absolute atomic E-state index is 0.0498. The van der Waals surface area contributed by atoms with Crippen molar-refractivity contribution in [3.63, 3.8) is 0 Å². The molecule has 2 aromatic rings. The van der Waals surface area contributed by atoms with Crippen LogP contribution in [0.15, 0.2) is 41.8 Å². The van der Waals surface area contributed by atoms with E-state index in [-0.39, 0.29) is 18.0 Å². The number of piperidine rings is 1. The van der Waals surface area contributed by atoms with Crippen molar-refractivity contribution in [1.29, 1.82) is 5.26 Å². The summed E-state index contributed by atoms with van der Waals surface area (Å²) < 4.78 is 0. The van der Waals surface area contributed by atoms with Gasteiger partial charge in [0.15, 0.2) is 0 Å². The first-order chi connectivity index (χ1) is 12.2. The van der Waals surface area contributed by atoms with E-state index in [1.807, 2.05) is 11.4 Å². The van der Waals surface area contributed by atoms with Gasteiger partial charge in [-0.05, 0) is 42.5 Å². The number of benzene rings is 1. The van der Waals surface area contributed by atoms with Gasteiger partial charge in [-0.15, -0.1) is 11.3 Å². The summed E-state index contributed by atoms with van der Waals surface area (Å²) in [6.07, 6.45) is 1.45. The Kier molecular flexibility index (Phi) is 5.31. The van der Waals surface area contributed by atoms with Crippen LogP contribution in [0.1, 0.15) is 28.1 Å². The van der Waals surface area contributed by atoms with Gasteiger partial charge in [-0.3, -0.25) is 4.79 Å². The molecule has 1 fully saturated rings. The molecule has 3 rings (SSSR count). The molecule has 1 aliphatic rings. The number of amides is 3. The fourth-order valence-electron chi connectivity index (χ4n) is 2.76. The molecule has 0 atom stereocenters. The van der Waals surface area contributed by atoms with E-state index in [4.69, 9.17) is 5.26 Å². The average molecular weight is 354 g/mol. The van der Waals surface area contributed by atoms with Crippen LogP contribution in [-0.2, 0) is 0 Å². The predicted molar refractivity (Wildman–Crippen MR) is 96.6 cm³/mol. The largest absolute Gasteiger partial charge is 0.348 e. The predicted octanol–water partition coefficient (Wildman–Crippen LogP) is 3.05. The SMILES string of the molecule is N#Cc1cccc(NC(=O)N2CCC(NC(=O)c3cccs3)CC2)c1. The Morgan fingerprint density at radius 1 is 1.20 bits per heavy atom. The van der Waals surface area contributed by atoms with E-state index in [0.717, 1.165) is 12.8 Å². The van der Waals surface area contributed by atoms with Gasteiger partial charge in [0, 0.05) is 24.8 Å². The molecule has 0 aliphatic carbocycles. The topological polar surface area (TPSA) is 85.2 Å². The third-order valence-electron chi connectivity index (χ3n) is 4.11. The number of likely N-dealkylation sites (tertiary alicyclic amines) is 1. The zero-order valence-corrected chi connectivity index (χ0v) is 14.4. The van der Waals surface area contributed by atoms with E-state index in [2.05, 4.69) is 16.7 Å². The highest BCUT2D eigenvalue weighted by atomic mass is 32.1. The maximum Gasteiger partial charge on any atom is 0.321 e. The lowest BCUT2D eigenvalue weighted by Crippen LogP contribution is -2.47. The number of thiophene rings is 1. The fourth-order valence-corrected chi connectivity index (χ4v) is 3.39. The molecule has 2 heterocycles. The molecule has 2 N–H and O–H groups in total. The smallest absolute Gasteiger partial charge is 0.321 e. The molecular formula is C18H18N4O2S. The number of nitriles is 1. The van der Waals surface area contributed by atoms with Crippen molar-refractivity contribution in [1.82, 2.24) is 10.2 Å². The molecule has 0 spiro atoms. The van der Waals surface area contributed by atoms with Crippen LogP contribution in [0.2, 0.25) is 0 Å². The molecule has 1 aromatic carbocycles. The molecule has 0 saturated carbocycles. The van der Waals surface area contributed by atoms with E-state index in [1.165, 1.54) is 11.3 Å². The van der Waals surface area contributed by atoms with Crippen LogP contribution in [0.4, 0.5) is 10.5 Å². The second kappa shape index (κ2) is 7.81. The minimum atomic E-state index is -0.182. The van der Waals surface area contributed by atoms with E-state index < -0.39 is 0 Å². The Morgan fingerprint density at radius 2 is 2.00 bits per heavy atom. The van der Waals surface area contributed by atoms with Crippen molar-refractivity contribution in [3.05, 3.63) is 52.2 Å². The summed E-state index contributed by atoms with van der Waals surface area (Å²) in [5, 5.41) is 16.6. The molecule has 1 aromatic heterocycles. The third-order valence-corrected chi connectivity index (χ3v) is 4.97. The van der Waals surface area contributed by atoms with Crippen LogP contribution in [0, 0.1) is 11.3 Å². The first-order valence-corrected chi connectivity index (χ1v) is 8.94. The van der Waals surface area contributed by atoms with E-state index >= 15 is 0 Å². The maximum atomic E-state index is 12.3. The van der Waals surface area contributed by atoms with Crippen LogP contribution in [0.25, 0.3) is 0 Å². The van der Waals surface area contributed by atoms with Gasteiger partial charge in [0.25, 0.3) is 5.91 Å². The van der Waals surface area contributed by atoms with Crippen molar-refractivity contribution in [2.45, 2.75) is 18.9 Å². The second-order valence-corrected chi connectivity index (χ2v) is 6.78. The van der Waals surface area contributed by atoms with Gasteiger partial charge in [0.2, 0.25) is 0 Å². The van der Waals surface area contributed by atoms with Gasteiger partial charge < -0.3 is 15.5 Å². The number of carbonyl (C=O) groups excluding carboxylic acids is 2. The summed E-state index contributed by atoms with van der Waals surface area (Å²) in [4.78, 5) is 26.8. The van der Waals surface area contributed by atoms with Gasteiger partial charge in [0.1, 0.15) is 0 Å². The molecule has 7 heteroatoms. The number of carbonyl (C=O) groups is 2. The van der Waals surface area contributed by atoms with Crippen molar-refractivity contribution in [2.24, 2.45) is 0 Å². The van der Waals surface area contributed by atoms with Crippen LogP contribution in [0.3, 0.4) is 0 Å². The van der Waals surface area contributed by atoms with Crippen LogP contribution < -0.4 is 10.6 Å². The molecule has 3 amide bonds. The maximum absolute atomic E-state index is 12.3. The molecule has 6 nitrogen and oxygen atoms in total. The highest BCUT2D eigenvalue weighted by molar-refractivity contribution is 7.12. The van der Waals surface area contributed by atoms with Gasteiger partial charge in [0.05, 0.1) is 16.5 Å². The summed E-state index contributed by atoms with van der Waals surface area (Å²) in [7, 11) is 0. The number of hydrogen-bond donors (Lipinski definition) is 2. The Bertz CT molecular complexity index is 790. The third kappa shape index (κ3) is 4.37. The van der Waals surface area contributed by atoms with Crippen molar-refractivity contribution >= 4 is 29.0 Å². The number of urea groups is 1. The molecule has 0 bridgehead atoms. The van der Waals surface area contributed by atoms with E-state index in [1.54, 1.807) is 35.2 Å². The molecular weight excluding hydrogens is 336 g/mol. The summed E-state index contributed by atoms with van der Waals surface area (Å²) in [6, 6.07) is 12.4. The van der Waals surface area contributed by atoms with Crippen LogP contribution in [0.5, 0.6) is 0 Å². The zero-order chi connectivity index (χ0) is 17.6. The monoisotopic (exact) mass is 354 g/mol. The lowest BCUT2D eigenvalue weighted by atomic mass is 10.1. The second-order valence-electron chi connectivity index (χ2n) is 5.83. The zero-order valence-electron chi connectivity index (χ0n) is 13.6. The Balaban J connectivity index is 1.49. The molecule has 0 radical (unpaired) electrons. The highest BCUT2D eigenvalue weighted by Gasteiger charge is 2.24. The molecule has 1 saturated heterocycles. The lowest BCUT2D eigenvalue weighted by molar-refractivity contribution is 0.0923. The highest BCUT2D eigenvalue weighted by Crippen LogP contribution is 2.16. The first-order valence-electron chi connectivity index (χ1n) is 8.06. The standard InChI is InChI=1S/C18H18N4O2S/c19-12-13-3-1-4-15(11-13)21-18(24)22-8-6-14(7-9-22)20-17(23)16-5-2-10-25-16/h1-5,10-11,14H,6-9H2,(H,20,23)(H,21,24). The first kappa shape index (κ1) is 17.0. The average Bonchev–Trinajstić information content (AvgIpc) is 3.17. The van der Waals surface area contributed by atoms with Crippen LogP contribution in [-0.4, -0.2) is 36.0 Å². The van der Waals surface area contributed by atoms with Crippen molar-refractivity contribution in [3.8, 4) is 6.07 Å². The Hall–Kier alpha value is -2.85. The minimum Gasteiger partial charge on any atom is -0.348 e. The molecule has 128 valence electrons. The molecule has 25 heavy (non-hydrogen) atoms. The number of anilines is 1. The van der Waals surface area contributed by atoms with Gasteiger partial charge in [-0.2, -0.15) is 5.26 Å². The van der Waals surface area contributed by atoms with Crippen molar-refractivity contribution < 1.29 is 9.59 Å². The van der Waals surface area contributed by atoms with Crippen molar-refractivity contribution in [2.75, 3.05) is 18.4 Å². The van der Waals surface area contributed by atoms with Gasteiger partial charge >= 0.3 is 6.03 Å². The number of nitrogens with one attached hydrogen (secondary N) is 2. The molecule has 0 unspecified atom stereocenters. The van der Waals surface area contributed by atoms with E-state index in [9.17, 15) is 9.59 Å². The number of nitrogens with zero attached hydrogens (tertiary/aromatic N) is 2. The summed E-state index contributed by atoms with van der Waals surface area (Å²) in [5.41, 5.74) is 1.12. The molecule has 1 aliphatic heterocycles.